The SMILES string of the molecule is COC(=O)c1nc(CCCO)c(O)cc1O. The lowest BCUT2D eigenvalue weighted by Gasteiger charge is -2.07. The normalized spacial score (nSPS) is 10.1. The summed E-state index contributed by atoms with van der Waals surface area (Å²) in [5, 5.41) is 27.5. The lowest BCUT2D eigenvalue weighted by Crippen LogP contribution is -2.07. The van der Waals surface area contributed by atoms with Crippen LogP contribution in [0, 0.1) is 0 Å². The van der Waals surface area contributed by atoms with Crippen LogP contribution in [0.15, 0.2) is 6.07 Å². The number of carbonyl (C=O) groups is 1. The van der Waals surface area contributed by atoms with E-state index in [0.717, 1.165) is 6.07 Å². The number of pyridine rings is 1. The van der Waals surface area contributed by atoms with Crippen LogP contribution < -0.4 is 0 Å². The quantitative estimate of drug-likeness (QED) is 0.635. The molecule has 3 N–H and O–H groups in total. The minimum Gasteiger partial charge on any atom is -0.506 e. The fourth-order valence-electron chi connectivity index (χ4n) is 1.21. The summed E-state index contributed by atoms with van der Waals surface area (Å²) < 4.78 is 4.42. The zero-order valence-electron chi connectivity index (χ0n) is 8.80. The minimum absolute atomic E-state index is 0.0461. The van der Waals surface area contributed by atoms with Crippen molar-refractivity contribution in [1.29, 1.82) is 0 Å². The molecule has 0 unspecified atom stereocenters. The third-order valence-corrected chi connectivity index (χ3v) is 2.01. The molecule has 0 aromatic carbocycles. The molecule has 0 saturated heterocycles. The van der Waals surface area contributed by atoms with Gasteiger partial charge in [0.1, 0.15) is 5.75 Å². The second-order valence-electron chi connectivity index (χ2n) is 3.14. The smallest absolute Gasteiger partial charge is 0.360 e. The van der Waals surface area contributed by atoms with Crippen LogP contribution in [-0.2, 0) is 11.2 Å². The van der Waals surface area contributed by atoms with E-state index >= 15 is 0 Å². The Morgan fingerprint density at radius 2 is 2.12 bits per heavy atom. The summed E-state index contributed by atoms with van der Waals surface area (Å²) >= 11 is 0. The summed E-state index contributed by atoms with van der Waals surface area (Å²) in [6.45, 7) is -0.0461. The lowest BCUT2D eigenvalue weighted by atomic mass is 10.2. The average Bonchev–Trinajstić information content (AvgIpc) is 2.27. The van der Waals surface area contributed by atoms with Crippen molar-refractivity contribution in [3.8, 4) is 11.5 Å². The fourth-order valence-corrected chi connectivity index (χ4v) is 1.21. The molecule has 0 atom stereocenters. The molecular weight excluding hydrogens is 214 g/mol. The largest absolute Gasteiger partial charge is 0.506 e. The van der Waals surface area contributed by atoms with E-state index in [1.807, 2.05) is 0 Å². The second kappa shape index (κ2) is 5.32. The molecule has 0 fully saturated rings. The number of aromatic nitrogens is 1. The molecule has 0 saturated carbocycles. The Morgan fingerprint density at radius 3 is 2.69 bits per heavy atom. The maximum atomic E-state index is 11.2. The van der Waals surface area contributed by atoms with Crippen molar-refractivity contribution in [2.45, 2.75) is 12.8 Å². The van der Waals surface area contributed by atoms with Crippen LogP contribution >= 0.6 is 0 Å². The van der Waals surface area contributed by atoms with Crippen molar-refractivity contribution in [2.24, 2.45) is 0 Å². The van der Waals surface area contributed by atoms with Gasteiger partial charge in [0.25, 0.3) is 0 Å². The van der Waals surface area contributed by atoms with Crippen molar-refractivity contribution in [3.63, 3.8) is 0 Å². The topological polar surface area (TPSA) is 99.9 Å². The summed E-state index contributed by atoms with van der Waals surface area (Å²) in [4.78, 5) is 15.0. The number of hydrogen-bond donors (Lipinski definition) is 3. The molecule has 0 aliphatic carbocycles. The van der Waals surface area contributed by atoms with Crippen molar-refractivity contribution >= 4 is 5.97 Å². The summed E-state index contributed by atoms with van der Waals surface area (Å²) in [6.07, 6.45) is 0.721. The van der Waals surface area contributed by atoms with Gasteiger partial charge in [-0.2, -0.15) is 0 Å². The van der Waals surface area contributed by atoms with Gasteiger partial charge in [-0.15, -0.1) is 0 Å². The highest BCUT2D eigenvalue weighted by Gasteiger charge is 2.17. The van der Waals surface area contributed by atoms with Gasteiger partial charge in [0.15, 0.2) is 11.4 Å². The maximum Gasteiger partial charge on any atom is 0.360 e. The van der Waals surface area contributed by atoms with Gasteiger partial charge in [0.05, 0.1) is 12.8 Å². The molecule has 1 aromatic rings. The van der Waals surface area contributed by atoms with Gasteiger partial charge >= 0.3 is 5.97 Å². The summed E-state index contributed by atoms with van der Waals surface area (Å²) in [5.41, 5.74) is 0.000454. The van der Waals surface area contributed by atoms with Crippen molar-refractivity contribution < 1.29 is 24.9 Å². The maximum absolute atomic E-state index is 11.2. The van der Waals surface area contributed by atoms with Crippen LogP contribution in [0.1, 0.15) is 22.6 Å². The third-order valence-electron chi connectivity index (χ3n) is 2.01. The van der Waals surface area contributed by atoms with Gasteiger partial charge in [-0.3, -0.25) is 0 Å². The molecule has 88 valence electrons. The lowest BCUT2D eigenvalue weighted by molar-refractivity contribution is 0.0590. The fraction of sp³-hybridized carbons (Fsp3) is 0.400. The predicted molar refractivity (Wildman–Crippen MR) is 54.3 cm³/mol. The molecule has 16 heavy (non-hydrogen) atoms. The first-order valence-corrected chi connectivity index (χ1v) is 4.71. The average molecular weight is 227 g/mol. The summed E-state index contributed by atoms with van der Waals surface area (Å²) in [7, 11) is 1.17. The van der Waals surface area contributed by atoms with Crippen molar-refractivity contribution in [1.82, 2.24) is 4.98 Å². The number of aliphatic hydroxyl groups excluding tert-OH is 1. The molecule has 1 aromatic heterocycles. The molecular formula is C10H13NO5. The molecule has 6 nitrogen and oxygen atoms in total. The number of hydrogen-bond acceptors (Lipinski definition) is 6. The first-order chi connectivity index (χ1) is 7.60. The predicted octanol–water partition coefficient (Wildman–Crippen LogP) is 0.204. The van der Waals surface area contributed by atoms with Crippen LogP contribution in [-0.4, -0.2) is 40.0 Å². The number of rotatable bonds is 4. The first kappa shape index (κ1) is 12.3. The van der Waals surface area contributed by atoms with Gasteiger partial charge in [-0.1, -0.05) is 0 Å². The Labute approximate surface area is 92.1 Å². The van der Waals surface area contributed by atoms with E-state index < -0.39 is 11.7 Å². The molecule has 0 amide bonds. The molecule has 0 aliphatic rings. The monoisotopic (exact) mass is 227 g/mol. The highest BCUT2D eigenvalue weighted by molar-refractivity contribution is 5.90. The zero-order chi connectivity index (χ0) is 12.1. The molecule has 0 bridgehead atoms. The van der Waals surface area contributed by atoms with E-state index in [0.29, 0.717) is 12.8 Å². The molecule has 1 heterocycles. The summed E-state index contributed by atoms with van der Waals surface area (Å²) in [6, 6.07) is 1.03. The van der Waals surface area contributed by atoms with Gasteiger partial charge < -0.3 is 20.1 Å². The van der Waals surface area contributed by atoms with Crippen LogP contribution in [0.2, 0.25) is 0 Å². The number of aromatic hydroxyl groups is 2. The Bertz CT molecular complexity index is 391. The van der Waals surface area contributed by atoms with Crippen LogP contribution in [0.5, 0.6) is 11.5 Å². The standard InChI is InChI=1S/C10H13NO5/c1-16-10(15)9-8(14)5-7(13)6(11-9)3-2-4-12/h5,12-14H,2-4H2,1H3. The Hall–Kier alpha value is -1.82. The zero-order valence-corrected chi connectivity index (χ0v) is 8.80. The Balaban J connectivity index is 3.06. The second-order valence-corrected chi connectivity index (χ2v) is 3.14. The van der Waals surface area contributed by atoms with Gasteiger partial charge in [-0.25, -0.2) is 9.78 Å². The van der Waals surface area contributed by atoms with E-state index in [1.54, 1.807) is 0 Å². The highest BCUT2D eigenvalue weighted by atomic mass is 16.5. The number of aliphatic hydroxyl groups is 1. The Morgan fingerprint density at radius 1 is 1.44 bits per heavy atom. The van der Waals surface area contributed by atoms with E-state index in [-0.39, 0.29) is 23.7 Å². The molecule has 1 rings (SSSR count). The van der Waals surface area contributed by atoms with Crippen LogP contribution in [0.3, 0.4) is 0 Å². The van der Waals surface area contributed by atoms with Gasteiger partial charge in [0.2, 0.25) is 0 Å². The first-order valence-electron chi connectivity index (χ1n) is 4.71. The van der Waals surface area contributed by atoms with E-state index in [2.05, 4.69) is 9.72 Å². The number of esters is 1. The number of ether oxygens (including phenoxy) is 1. The number of nitrogens with zero attached hydrogens (tertiary/aromatic N) is 1. The number of carbonyl (C=O) groups excluding carboxylic acids is 1. The van der Waals surface area contributed by atoms with E-state index in [9.17, 15) is 15.0 Å². The third kappa shape index (κ3) is 2.60. The van der Waals surface area contributed by atoms with Crippen molar-refractivity contribution in [2.75, 3.05) is 13.7 Å². The summed E-state index contributed by atoms with van der Waals surface area (Å²) in [5.74, 6) is -1.42. The van der Waals surface area contributed by atoms with Crippen molar-refractivity contribution in [3.05, 3.63) is 17.5 Å². The van der Waals surface area contributed by atoms with Gasteiger partial charge in [-0.05, 0) is 12.8 Å². The van der Waals surface area contributed by atoms with E-state index in [4.69, 9.17) is 5.11 Å². The number of methoxy groups -OCH3 is 1. The molecule has 0 radical (unpaired) electrons. The minimum atomic E-state index is -0.775. The molecule has 6 heteroatoms. The highest BCUT2D eigenvalue weighted by Crippen LogP contribution is 2.25. The van der Waals surface area contributed by atoms with Crippen LogP contribution in [0.25, 0.3) is 0 Å². The molecule has 0 aliphatic heterocycles. The van der Waals surface area contributed by atoms with Gasteiger partial charge in [0, 0.05) is 12.7 Å². The van der Waals surface area contributed by atoms with E-state index in [1.165, 1.54) is 7.11 Å². The van der Waals surface area contributed by atoms with Crippen LogP contribution in [0.4, 0.5) is 0 Å². The Kier molecular flexibility index (Phi) is 4.07. The molecule has 0 spiro atoms. The number of aryl methyl sites for hydroxylation is 1.